The number of aryl methyl sites for hydroxylation is 1. The summed E-state index contributed by atoms with van der Waals surface area (Å²) >= 11 is 0. The van der Waals surface area contributed by atoms with E-state index in [0.29, 0.717) is 12.4 Å². The van der Waals surface area contributed by atoms with E-state index in [0.717, 1.165) is 0 Å². The molecule has 0 atom stereocenters. The van der Waals surface area contributed by atoms with E-state index >= 15 is 0 Å². The highest BCUT2D eigenvalue weighted by atomic mass is 16.5. The fourth-order valence-corrected chi connectivity index (χ4v) is 3.23. The summed E-state index contributed by atoms with van der Waals surface area (Å²) in [5, 5.41) is 0. The lowest BCUT2D eigenvalue weighted by Gasteiger charge is -2.14. The van der Waals surface area contributed by atoms with Crippen LogP contribution in [0.1, 0.15) is 27.7 Å². The molecule has 114 valence electrons. The van der Waals surface area contributed by atoms with E-state index in [9.17, 15) is 4.79 Å². The van der Waals surface area contributed by atoms with Gasteiger partial charge >= 0.3 is 5.97 Å². The normalized spacial score (nSPS) is 12.7. The summed E-state index contributed by atoms with van der Waals surface area (Å²) < 4.78 is 7.21. The maximum Gasteiger partial charge on any atom is 0.374 e. The number of carbonyl (C=O) groups excluding carboxylic acids is 1. The third kappa shape index (κ3) is 2.23. The van der Waals surface area contributed by atoms with E-state index in [1.807, 2.05) is 24.3 Å². The molecule has 3 aromatic rings. The van der Waals surface area contributed by atoms with Crippen LogP contribution in [-0.4, -0.2) is 22.1 Å². The zero-order valence-electron chi connectivity index (χ0n) is 12.8. The number of benzene rings is 2. The highest BCUT2D eigenvalue weighted by Gasteiger charge is 2.29. The van der Waals surface area contributed by atoms with Gasteiger partial charge in [0.05, 0.1) is 0 Å². The van der Waals surface area contributed by atoms with Crippen LogP contribution in [0.2, 0.25) is 0 Å². The minimum Gasteiger partial charge on any atom is -0.459 e. The molecule has 2 aromatic carbocycles. The summed E-state index contributed by atoms with van der Waals surface area (Å²) in [6.45, 7) is 0.319. The fourth-order valence-electron chi connectivity index (χ4n) is 3.23. The molecule has 0 unspecified atom stereocenters. The van der Waals surface area contributed by atoms with Gasteiger partial charge in [0.2, 0.25) is 5.82 Å². The Morgan fingerprint density at radius 3 is 2.26 bits per heavy atom. The summed E-state index contributed by atoms with van der Waals surface area (Å²) in [4.78, 5) is 16.2. The Hall–Kier alpha value is -2.88. The summed E-state index contributed by atoms with van der Waals surface area (Å²) in [5.74, 6) is 0.00977. The number of hydrogen-bond donors (Lipinski definition) is 0. The van der Waals surface area contributed by atoms with Gasteiger partial charge in [-0.05, 0) is 22.3 Å². The third-order valence-corrected chi connectivity index (χ3v) is 4.35. The van der Waals surface area contributed by atoms with Gasteiger partial charge in [-0.1, -0.05) is 48.5 Å². The lowest BCUT2D eigenvalue weighted by Crippen LogP contribution is -2.15. The average molecular weight is 304 g/mol. The third-order valence-electron chi connectivity index (χ3n) is 4.35. The Bertz CT molecular complexity index is 837. The van der Waals surface area contributed by atoms with Gasteiger partial charge < -0.3 is 9.30 Å². The minimum absolute atomic E-state index is 0.0756. The van der Waals surface area contributed by atoms with Crippen LogP contribution in [0.3, 0.4) is 0 Å². The van der Waals surface area contributed by atoms with E-state index in [1.54, 1.807) is 24.0 Å². The Kier molecular flexibility index (Phi) is 3.23. The monoisotopic (exact) mass is 304 g/mol. The van der Waals surface area contributed by atoms with Crippen molar-refractivity contribution in [2.75, 3.05) is 6.61 Å². The van der Waals surface area contributed by atoms with Crippen LogP contribution in [0.25, 0.3) is 11.1 Å². The number of carbonyl (C=O) groups is 1. The van der Waals surface area contributed by atoms with E-state index in [2.05, 4.69) is 29.2 Å². The second-order valence-corrected chi connectivity index (χ2v) is 5.69. The van der Waals surface area contributed by atoms with Gasteiger partial charge in [0.15, 0.2) is 0 Å². The molecule has 1 aromatic heterocycles. The lowest BCUT2D eigenvalue weighted by atomic mass is 9.98. The molecule has 0 N–H and O–H groups in total. The molecule has 0 spiro atoms. The summed E-state index contributed by atoms with van der Waals surface area (Å²) in [5.41, 5.74) is 4.87. The lowest BCUT2D eigenvalue weighted by molar-refractivity contribution is 0.0475. The summed E-state index contributed by atoms with van der Waals surface area (Å²) in [7, 11) is 1.78. The molecule has 4 heteroatoms. The van der Waals surface area contributed by atoms with Gasteiger partial charge in [0.25, 0.3) is 0 Å². The second-order valence-electron chi connectivity index (χ2n) is 5.69. The Labute approximate surface area is 134 Å². The van der Waals surface area contributed by atoms with Crippen LogP contribution in [0.4, 0.5) is 0 Å². The van der Waals surface area contributed by atoms with Crippen molar-refractivity contribution in [1.29, 1.82) is 0 Å². The number of ether oxygens (including phenoxy) is 1. The zero-order chi connectivity index (χ0) is 15.8. The summed E-state index contributed by atoms with van der Waals surface area (Å²) in [6, 6.07) is 16.6. The van der Waals surface area contributed by atoms with E-state index in [-0.39, 0.29) is 11.9 Å². The molecular weight excluding hydrogens is 288 g/mol. The molecule has 23 heavy (non-hydrogen) atoms. The molecule has 1 aliphatic rings. The van der Waals surface area contributed by atoms with Crippen molar-refractivity contribution < 1.29 is 9.53 Å². The molecule has 4 rings (SSSR count). The zero-order valence-corrected chi connectivity index (χ0v) is 12.8. The Morgan fingerprint density at radius 2 is 1.70 bits per heavy atom. The molecule has 0 radical (unpaired) electrons. The molecule has 4 nitrogen and oxygen atoms in total. The molecule has 0 fully saturated rings. The first kappa shape index (κ1) is 13.8. The Balaban J connectivity index is 1.62. The molecule has 0 amide bonds. The fraction of sp³-hybridized carbons (Fsp3) is 0.158. The van der Waals surface area contributed by atoms with Crippen LogP contribution >= 0.6 is 0 Å². The van der Waals surface area contributed by atoms with Gasteiger partial charge in [-0.25, -0.2) is 9.78 Å². The van der Waals surface area contributed by atoms with Gasteiger partial charge in [0, 0.05) is 25.4 Å². The van der Waals surface area contributed by atoms with Crippen molar-refractivity contribution in [1.82, 2.24) is 9.55 Å². The molecule has 0 bridgehead atoms. The highest BCUT2D eigenvalue weighted by molar-refractivity contribution is 5.86. The number of imidazole rings is 1. The molecule has 0 aliphatic heterocycles. The smallest absolute Gasteiger partial charge is 0.374 e. The predicted octanol–water partition coefficient (Wildman–Crippen LogP) is 3.39. The Morgan fingerprint density at radius 1 is 1.09 bits per heavy atom. The summed E-state index contributed by atoms with van der Waals surface area (Å²) in [6.07, 6.45) is 3.33. The van der Waals surface area contributed by atoms with Gasteiger partial charge in [-0.3, -0.25) is 0 Å². The van der Waals surface area contributed by atoms with Crippen molar-refractivity contribution in [3.8, 4) is 11.1 Å². The second kappa shape index (κ2) is 5.39. The standard InChI is InChI=1S/C19H16N2O2/c1-21-11-10-20-18(21)19(22)23-12-17-15-8-4-2-6-13(15)14-7-3-5-9-16(14)17/h2-11,17H,12H2,1H3. The minimum atomic E-state index is -0.389. The van der Waals surface area contributed by atoms with Gasteiger partial charge in [0.1, 0.15) is 6.61 Å². The predicted molar refractivity (Wildman–Crippen MR) is 87.2 cm³/mol. The van der Waals surface area contributed by atoms with Gasteiger partial charge in [-0.2, -0.15) is 0 Å². The van der Waals surface area contributed by atoms with Crippen molar-refractivity contribution in [3.05, 3.63) is 77.9 Å². The molecule has 1 heterocycles. The van der Waals surface area contributed by atoms with Crippen LogP contribution in [-0.2, 0) is 11.8 Å². The number of esters is 1. The van der Waals surface area contributed by atoms with Crippen LogP contribution in [0.15, 0.2) is 60.9 Å². The topological polar surface area (TPSA) is 44.1 Å². The van der Waals surface area contributed by atoms with E-state index in [4.69, 9.17) is 4.74 Å². The van der Waals surface area contributed by atoms with Crippen molar-refractivity contribution in [3.63, 3.8) is 0 Å². The molecule has 0 saturated heterocycles. The SMILES string of the molecule is Cn1ccnc1C(=O)OCC1c2ccccc2-c2ccccc21. The molecular formula is C19H16N2O2. The number of nitrogens with zero attached hydrogens (tertiary/aromatic N) is 2. The van der Waals surface area contributed by atoms with Crippen LogP contribution < -0.4 is 0 Å². The van der Waals surface area contributed by atoms with E-state index < -0.39 is 0 Å². The first-order valence-electron chi connectivity index (χ1n) is 7.58. The van der Waals surface area contributed by atoms with Crippen LogP contribution in [0, 0.1) is 0 Å². The molecule has 0 saturated carbocycles. The number of fused-ring (bicyclic) bond motifs is 3. The quantitative estimate of drug-likeness (QED) is 0.697. The van der Waals surface area contributed by atoms with Crippen molar-refractivity contribution in [2.45, 2.75) is 5.92 Å². The van der Waals surface area contributed by atoms with Crippen molar-refractivity contribution >= 4 is 5.97 Å². The average Bonchev–Trinajstić information content (AvgIpc) is 3.14. The maximum absolute atomic E-state index is 12.2. The highest BCUT2D eigenvalue weighted by Crippen LogP contribution is 2.44. The number of hydrogen-bond acceptors (Lipinski definition) is 3. The largest absolute Gasteiger partial charge is 0.459 e. The maximum atomic E-state index is 12.2. The van der Waals surface area contributed by atoms with E-state index in [1.165, 1.54) is 22.3 Å². The van der Waals surface area contributed by atoms with Gasteiger partial charge in [-0.15, -0.1) is 0 Å². The van der Waals surface area contributed by atoms with Crippen molar-refractivity contribution in [2.24, 2.45) is 7.05 Å². The molecule has 1 aliphatic carbocycles. The first-order valence-corrected chi connectivity index (χ1v) is 7.58. The first-order chi connectivity index (χ1) is 11.3. The van der Waals surface area contributed by atoms with Crippen LogP contribution in [0.5, 0.6) is 0 Å². The number of rotatable bonds is 3. The number of aromatic nitrogens is 2.